The van der Waals surface area contributed by atoms with Crippen LogP contribution in [0.5, 0.6) is 0 Å². The van der Waals surface area contributed by atoms with Crippen LogP contribution in [0.15, 0.2) is 47.1 Å². The van der Waals surface area contributed by atoms with E-state index in [-0.39, 0.29) is 17.9 Å². The first-order valence-electron chi connectivity index (χ1n) is 7.38. The van der Waals surface area contributed by atoms with Gasteiger partial charge in [0.15, 0.2) is 0 Å². The van der Waals surface area contributed by atoms with Gasteiger partial charge in [-0.1, -0.05) is 30.3 Å². The standard InChI is InChI=1S/C18H20N2O2/c1-18(2,3)20-19-16(21)10-13-11-22-15-9-8-12-6-4-5-7-14(12)17(13)15/h4-9,11,20H,10H2,1-3H3,(H,19,21). The highest BCUT2D eigenvalue weighted by molar-refractivity contribution is 6.08. The fourth-order valence-corrected chi connectivity index (χ4v) is 2.48. The van der Waals surface area contributed by atoms with Crippen molar-refractivity contribution in [3.63, 3.8) is 0 Å². The van der Waals surface area contributed by atoms with Gasteiger partial charge in [-0.15, -0.1) is 0 Å². The molecular weight excluding hydrogens is 276 g/mol. The Morgan fingerprint density at radius 3 is 2.68 bits per heavy atom. The van der Waals surface area contributed by atoms with Crippen LogP contribution in [0, 0.1) is 0 Å². The number of benzene rings is 2. The zero-order chi connectivity index (χ0) is 15.7. The molecule has 1 heterocycles. The average Bonchev–Trinajstić information content (AvgIpc) is 2.88. The van der Waals surface area contributed by atoms with E-state index < -0.39 is 0 Å². The highest BCUT2D eigenvalue weighted by atomic mass is 16.3. The average molecular weight is 296 g/mol. The van der Waals surface area contributed by atoms with Crippen molar-refractivity contribution in [2.24, 2.45) is 0 Å². The number of carbonyl (C=O) groups is 1. The van der Waals surface area contributed by atoms with E-state index >= 15 is 0 Å². The lowest BCUT2D eigenvalue weighted by Gasteiger charge is -2.20. The molecule has 3 aromatic rings. The van der Waals surface area contributed by atoms with Crippen LogP contribution < -0.4 is 10.9 Å². The number of carbonyl (C=O) groups excluding carboxylic acids is 1. The van der Waals surface area contributed by atoms with E-state index in [4.69, 9.17) is 4.42 Å². The molecule has 0 bridgehead atoms. The van der Waals surface area contributed by atoms with Crippen LogP contribution in [0.3, 0.4) is 0 Å². The molecule has 3 rings (SSSR count). The highest BCUT2D eigenvalue weighted by Crippen LogP contribution is 2.30. The van der Waals surface area contributed by atoms with Gasteiger partial charge < -0.3 is 4.42 Å². The fourth-order valence-electron chi connectivity index (χ4n) is 2.48. The molecule has 2 aromatic carbocycles. The molecule has 1 amide bonds. The van der Waals surface area contributed by atoms with E-state index in [2.05, 4.69) is 23.0 Å². The Kier molecular flexibility index (Phi) is 3.62. The zero-order valence-electron chi connectivity index (χ0n) is 13.1. The van der Waals surface area contributed by atoms with Gasteiger partial charge in [-0.3, -0.25) is 10.2 Å². The third-order valence-corrected chi connectivity index (χ3v) is 3.47. The number of hydrogen-bond donors (Lipinski definition) is 2. The molecule has 4 heteroatoms. The maximum atomic E-state index is 12.1. The predicted molar refractivity (Wildman–Crippen MR) is 88.5 cm³/mol. The molecule has 0 radical (unpaired) electrons. The van der Waals surface area contributed by atoms with Crippen LogP contribution in [0.4, 0.5) is 0 Å². The van der Waals surface area contributed by atoms with Crippen LogP contribution in [-0.4, -0.2) is 11.4 Å². The minimum Gasteiger partial charge on any atom is -0.464 e. The Hall–Kier alpha value is -2.33. The Labute approximate surface area is 129 Å². The van der Waals surface area contributed by atoms with Gasteiger partial charge in [0.25, 0.3) is 0 Å². The second kappa shape index (κ2) is 5.46. The number of nitrogens with one attached hydrogen (secondary N) is 2. The Morgan fingerprint density at radius 1 is 1.14 bits per heavy atom. The Bertz CT molecular complexity index is 828. The Morgan fingerprint density at radius 2 is 1.91 bits per heavy atom. The molecule has 0 atom stereocenters. The van der Waals surface area contributed by atoms with Crippen molar-refractivity contribution in [3.8, 4) is 0 Å². The molecule has 0 aliphatic heterocycles. The first-order valence-corrected chi connectivity index (χ1v) is 7.38. The largest absolute Gasteiger partial charge is 0.464 e. The summed E-state index contributed by atoms with van der Waals surface area (Å²) in [6.45, 7) is 5.98. The molecule has 2 N–H and O–H groups in total. The maximum absolute atomic E-state index is 12.1. The molecule has 0 aliphatic carbocycles. The van der Waals surface area contributed by atoms with Crippen molar-refractivity contribution < 1.29 is 9.21 Å². The van der Waals surface area contributed by atoms with Crippen LogP contribution in [-0.2, 0) is 11.2 Å². The zero-order valence-corrected chi connectivity index (χ0v) is 13.1. The number of hydrogen-bond acceptors (Lipinski definition) is 3. The molecule has 4 nitrogen and oxygen atoms in total. The smallest absolute Gasteiger partial charge is 0.238 e. The summed E-state index contributed by atoms with van der Waals surface area (Å²) >= 11 is 0. The lowest BCUT2D eigenvalue weighted by molar-refractivity contribution is -0.121. The fraction of sp³-hybridized carbons (Fsp3) is 0.278. The molecule has 0 unspecified atom stereocenters. The van der Waals surface area contributed by atoms with E-state index in [1.165, 1.54) is 0 Å². The van der Waals surface area contributed by atoms with Gasteiger partial charge >= 0.3 is 0 Å². The Balaban J connectivity index is 1.91. The quantitative estimate of drug-likeness (QED) is 0.727. The number of hydrazine groups is 1. The highest BCUT2D eigenvalue weighted by Gasteiger charge is 2.15. The van der Waals surface area contributed by atoms with E-state index in [9.17, 15) is 4.79 Å². The van der Waals surface area contributed by atoms with E-state index in [1.54, 1.807) is 6.26 Å². The summed E-state index contributed by atoms with van der Waals surface area (Å²) in [6, 6.07) is 12.1. The molecule has 0 spiro atoms. The van der Waals surface area contributed by atoms with Crippen LogP contribution in [0.1, 0.15) is 26.3 Å². The number of amides is 1. The number of furan rings is 1. The minimum absolute atomic E-state index is 0.0782. The molecule has 0 aliphatic rings. The first kappa shape index (κ1) is 14.6. The van der Waals surface area contributed by atoms with Crippen molar-refractivity contribution in [1.82, 2.24) is 10.9 Å². The molecule has 0 saturated carbocycles. The summed E-state index contributed by atoms with van der Waals surface area (Å²) in [5, 5.41) is 3.27. The van der Waals surface area contributed by atoms with Gasteiger partial charge in [0.05, 0.1) is 12.7 Å². The van der Waals surface area contributed by atoms with Crippen molar-refractivity contribution in [2.75, 3.05) is 0 Å². The molecule has 114 valence electrons. The summed E-state index contributed by atoms with van der Waals surface area (Å²) < 4.78 is 5.60. The molecular formula is C18H20N2O2. The predicted octanol–water partition coefficient (Wildman–Crippen LogP) is 3.55. The first-order chi connectivity index (χ1) is 10.4. The van der Waals surface area contributed by atoms with Gasteiger partial charge in [0.2, 0.25) is 5.91 Å². The summed E-state index contributed by atoms with van der Waals surface area (Å²) in [7, 11) is 0. The summed E-state index contributed by atoms with van der Waals surface area (Å²) in [6.07, 6.45) is 1.96. The summed E-state index contributed by atoms with van der Waals surface area (Å²) in [5.41, 5.74) is 7.28. The van der Waals surface area contributed by atoms with Gasteiger partial charge in [-0.25, -0.2) is 5.43 Å². The van der Waals surface area contributed by atoms with Crippen molar-refractivity contribution >= 4 is 27.6 Å². The lowest BCUT2D eigenvalue weighted by atomic mass is 10.0. The summed E-state index contributed by atoms with van der Waals surface area (Å²) in [4.78, 5) is 12.1. The van der Waals surface area contributed by atoms with Crippen LogP contribution in [0.25, 0.3) is 21.7 Å². The van der Waals surface area contributed by atoms with E-state index in [0.717, 1.165) is 27.3 Å². The van der Waals surface area contributed by atoms with E-state index in [0.29, 0.717) is 0 Å². The third-order valence-electron chi connectivity index (χ3n) is 3.47. The molecule has 0 saturated heterocycles. The SMILES string of the molecule is CC(C)(C)NNC(=O)Cc1coc2ccc3ccccc3c12. The van der Waals surface area contributed by atoms with Crippen LogP contribution >= 0.6 is 0 Å². The second-order valence-electron chi connectivity index (χ2n) is 6.52. The lowest BCUT2D eigenvalue weighted by Crippen LogP contribution is -2.49. The topological polar surface area (TPSA) is 54.3 Å². The molecule has 1 aromatic heterocycles. The molecule has 22 heavy (non-hydrogen) atoms. The van der Waals surface area contributed by atoms with E-state index in [1.807, 2.05) is 45.0 Å². The van der Waals surface area contributed by atoms with Gasteiger partial charge in [0.1, 0.15) is 5.58 Å². The monoisotopic (exact) mass is 296 g/mol. The second-order valence-corrected chi connectivity index (χ2v) is 6.52. The van der Waals surface area contributed by atoms with Crippen LogP contribution in [0.2, 0.25) is 0 Å². The van der Waals surface area contributed by atoms with Gasteiger partial charge in [-0.05, 0) is 37.6 Å². The minimum atomic E-state index is -0.166. The summed E-state index contributed by atoms with van der Waals surface area (Å²) in [5.74, 6) is -0.0782. The van der Waals surface area contributed by atoms with Gasteiger partial charge in [0, 0.05) is 16.5 Å². The van der Waals surface area contributed by atoms with Crippen molar-refractivity contribution in [1.29, 1.82) is 0 Å². The molecule has 0 fully saturated rings. The third kappa shape index (κ3) is 2.97. The maximum Gasteiger partial charge on any atom is 0.238 e. The van der Waals surface area contributed by atoms with Gasteiger partial charge in [-0.2, -0.15) is 0 Å². The van der Waals surface area contributed by atoms with Crippen molar-refractivity contribution in [2.45, 2.75) is 32.7 Å². The van der Waals surface area contributed by atoms with Crippen molar-refractivity contribution in [3.05, 3.63) is 48.2 Å². The number of rotatable bonds is 3. The number of fused-ring (bicyclic) bond motifs is 3. The normalized spacial score (nSPS) is 12.0.